The predicted octanol–water partition coefficient (Wildman–Crippen LogP) is 2.72. The Morgan fingerprint density at radius 2 is 1.74 bits per heavy atom. The van der Waals surface area contributed by atoms with E-state index in [1.807, 2.05) is 5.32 Å². The molecule has 7 nitrogen and oxygen atoms in total. The van der Waals surface area contributed by atoms with Gasteiger partial charge in [0.2, 0.25) is 0 Å². The summed E-state index contributed by atoms with van der Waals surface area (Å²) in [5.41, 5.74) is 1.20. The lowest BCUT2D eigenvalue weighted by atomic mass is 10.0. The number of halogens is 3. The summed E-state index contributed by atoms with van der Waals surface area (Å²) in [5, 5.41) is 1.81. The molecule has 0 aromatic heterocycles. The molecule has 0 spiro atoms. The third kappa shape index (κ3) is 7.08. The van der Waals surface area contributed by atoms with Gasteiger partial charge in [-0.3, -0.25) is 4.79 Å². The van der Waals surface area contributed by atoms with Crippen molar-refractivity contribution in [1.82, 2.24) is 5.32 Å². The van der Waals surface area contributed by atoms with Gasteiger partial charge in [-0.1, -0.05) is 6.08 Å². The Bertz CT molecular complexity index is 688. The molecule has 0 bridgehead atoms. The van der Waals surface area contributed by atoms with E-state index in [0.29, 0.717) is 22.6 Å². The van der Waals surface area contributed by atoms with Crippen LogP contribution in [0.4, 0.5) is 18.0 Å². The van der Waals surface area contributed by atoms with Gasteiger partial charge in [-0.05, 0) is 35.8 Å². The third-order valence-corrected chi connectivity index (χ3v) is 3.34. The first-order chi connectivity index (χ1) is 12.7. The van der Waals surface area contributed by atoms with Crippen LogP contribution in [0.2, 0.25) is 0 Å². The molecule has 0 aliphatic heterocycles. The Morgan fingerprint density at radius 1 is 1.11 bits per heavy atom. The van der Waals surface area contributed by atoms with Gasteiger partial charge in [-0.15, -0.1) is 0 Å². The van der Waals surface area contributed by atoms with Crippen molar-refractivity contribution in [2.45, 2.75) is 12.6 Å². The molecule has 0 aliphatic carbocycles. The van der Waals surface area contributed by atoms with Crippen LogP contribution in [-0.2, 0) is 20.7 Å². The highest BCUT2D eigenvalue weighted by atomic mass is 19.4. The number of nitrogens with one attached hydrogen (secondary N) is 1. The first-order valence-electron chi connectivity index (χ1n) is 7.70. The molecule has 0 saturated carbocycles. The molecule has 10 heteroatoms. The lowest BCUT2D eigenvalue weighted by Crippen LogP contribution is -2.37. The van der Waals surface area contributed by atoms with Crippen LogP contribution in [0, 0.1) is 0 Å². The Morgan fingerprint density at radius 3 is 2.30 bits per heavy atom. The average molecular weight is 391 g/mol. The summed E-state index contributed by atoms with van der Waals surface area (Å²) in [7, 11) is 4.04. The lowest BCUT2D eigenvalue weighted by Gasteiger charge is -2.14. The van der Waals surface area contributed by atoms with E-state index in [2.05, 4.69) is 4.74 Å². The molecule has 1 aromatic carbocycles. The van der Waals surface area contributed by atoms with Gasteiger partial charge in [0.15, 0.2) is 11.5 Å². The molecule has 150 valence electrons. The summed E-state index contributed by atoms with van der Waals surface area (Å²) in [6.45, 7) is -0.293. The molecular weight excluding hydrogens is 371 g/mol. The molecule has 1 amide bonds. The normalized spacial score (nSPS) is 11.2. The SMILES string of the molecule is COC(=O)OC/C=C/c1cc(OC)c(OC)cc1CCNC(=O)C(F)(F)F. The second kappa shape index (κ2) is 10.3. The van der Waals surface area contributed by atoms with E-state index in [0.717, 1.165) is 0 Å². The van der Waals surface area contributed by atoms with Crippen LogP contribution >= 0.6 is 0 Å². The molecule has 0 heterocycles. The Labute approximate surface area is 154 Å². The molecule has 1 rings (SSSR count). The summed E-state index contributed by atoms with van der Waals surface area (Å²) in [4.78, 5) is 21.8. The van der Waals surface area contributed by atoms with Gasteiger partial charge in [0.1, 0.15) is 6.61 Å². The number of hydrogen-bond acceptors (Lipinski definition) is 6. The van der Waals surface area contributed by atoms with Crippen LogP contribution in [0.1, 0.15) is 11.1 Å². The highest BCUT2D eigenvalue weighted by Crippen LogP contribution is 2.31. The highest BCUT2D eigenvalue weighted by molar-refractivity contribution is 5.81. The number of benzene rings is 1. The second-order valence-electron chi connectivity index (χ2n) is 5.08. The van der Waals surface area contributed by atoms with Gasteiger partial charge in [0.05, 0.1) is 21.3 Å². The van der Waals surface area contributed by atoms with Gasteiger partial charge in [0, 0.05) is 6.54 Å². The van der Waals surface area contributed by atoms with Crippen molar-refractivity contribution in [3.8, 4) is 11.5 Å². The summed E-state index contributed by atoms with van der Waals surface area (Å²) in [6.07, 6.45) is -2.55. The zero-order valence-corrected chi connectivity index (χ0v) is 15.0. The Balaban J connectivity index is 2.93. The molecule has 0 fully saturated rings. The fourth-order valence-electron chi connectivity index (χ4n) is 2.07. The van der Waals surface area contributed by atoms with Crippen molar-refractivity contribution >= 4 is 18.1 Å². The predicted molar refractivity (Wildman–Crippen MR) is 89.7 cm³/mol. The quantitative estimate of drug-likeness (QED) is 0.686. The number of rotatable bonds is 8. The number of alkyl halides is 3. The molecule has 0 saturated heterocycles. The van der Waals surface area contributed by atoms with Crippen LogP contribution < -0.4 is 14.8 Å². The van der Waals surface area contributed by atoms with Crippen LogP contribution in [0.25, 0.3) is 6.08 Å². The topological polar surface area (TPSA) is 83.1 Å². The maximum absolute atomic E-state index is 12.3. The molecule has 0 unspecified atom stereocenters. The van der Waals surface area contributed by atoms with E-state index in [4.69, 9.17) is 14.2 Å². The van der Waals surface area contributed by atoms with Crippen molar-refractivity contribution in [3.63, 3.8) is 0 Å². The van der Waals surface area contributed by atoms with E-state index in [1.165, 1.54) is 27.4 Å². The van der Waals surface area contributed by atoms with Crippen LogP contribution in [0.5, 0.6) is 11.5 Å². The minimum atomic E-state index is -4.94. The molecule has 27 heavy (non-hydrogen) atoms. The average Bonchev–Trinajstić information content (AvgIpc) is 2.64. The zero-order valence-electron chi connectivity index (χ0n) is 15.0. The third-order valence-electron chi connectivity index (χ3n) is 3.34. The van der Waals surface area contributed by atoms with Gasteiger partial charge in [0.25, 0.3) is 0 Å². The van der Waals surface area contributed by atoms with Crippen molar-refractivity contribution in [3.05, 3.63) is 29.3 Å². The smallest absolute Gasteiger partial charge is 0.493 e. The van der Waals surface area contributed by atoms with E-state index in [9.17, 15) is 22.8 Å². The van der Waals surface area contributed by atoms with Crippen molar-refractivity contribution in [1.29, 1.82) is 0 Å². The number of carbonyl (C=O) groups excluding carboxylic acids is 2. The largest absolute Gasteiger partial charge is 0.508 e. The van der Waals surface area contributed by atoms with Crippen LogP contribution in [0.15, 0.2) is 18.2 Å². The van der Waals surface area contributed by atoms with Gasteiger partial charge >= 0.3 is 18.2 Å². The van der Waals surface area contributed by atoms with E-state index >= 15 is 0 Å². The van der Waals surface area contributed by atoms with E-state index in [-0.39, 0.29) is 19.6 Å². The molecular formula is C17H20F3NO6. The lowest BCUT2D eigenvalue weighted by molar-refractivity contribution is -0.173. The minimum absolute atomic E-state index is 0.0642. The first-order valence-corrected chi connectivity index (χ1v) is 7.70. The van der Waals surface area contributed by atoms with Gasteiger partial charge in [-0.2, -0.15) is 13.2 Å². The maximum Gasteiger partial charge on any atom is 0.508 e. The van der Waals surface area contributed by atoms with Crippen molar-refractivity contribution in [2.24, 2.45) is 0 Å². The van der Waals surface area contributed by atoms with Crippen molar-refractivity contribution < 1.29 is 41.7 Å². The first kappa shape index (κ1) is 22.1. The standard InChI is InChI=1S/C17H20F3NO6/c1-24-13-9-11(5-4-8-27-16(23)26-3)12(10-14(13)25-2)6-7-21-15(22)17(18,19)20/h4-5,9-10H,6-8H2,1-3H3,(H,21,22)/b5-4+. The van der Waals surface area contributed by atoms with E-state index < -0.39 is 18.2 Å². The zero-order chi connectivity index (χ0) is 20.4. The Hall–Kier alpha value is -2.91. The number of carbonyl (C=O) groups is 2. The molecule has 0 aliphatic rings. The minimum Gasteiger partial charge on any atom is -0.493 e. The molecule has 1 aromatic rings. The van der Waals surface area contributed by atoms with Gasteiger partial charge < -0.3 is 24.3 Å². The summed E-state index contributed by atoms with van der Waals surface area (Å²) < 4.78 is 56.2. The molecule has 0 radical (unpaired) electrons. The van der Waals surface area contributed by atoms with Crippen LogP contribution in [-0.4, -0.2) is 52.7 Å². The number of ether oxygens (including phenoxy) is 4. The van der Waals surface area contributed by atoms with Gasteiger partial charge in [-0.25, -0.2) is 4.79 Å². The highest BCUT2D eigenvalue weighted by Gasteiger charge is 2.38. The molecule has 0 atom stereocenters. The summed E-state index contributed by atoms with van der Waals surface area (Å²) in [5.74, 6) is -1.21. The maximum atomic E-state index is 12.3. The second-order valence-corrected chi connectivity index (χ2v) is 5.08. The monoisotopic (exact) mass is 391 g/mol. The number of methoxy groups -OCH3 is 3. The Kier molecular flexibility index (Phi) is 8.43. The fraction of sp³-hybridized carbons (Fsp3) is 0.412. The summed E-state index contributed by atoms with van der Waals surface area (Å²) in [6, 6.07) is 3.22. The fourth-order valence-corrected chi connectivity index (χ4v) is 2.07. The van der Waals surface area contributed by atoms with Crippen molar-refractivity contribution in [2.75, 3.05) is 34.5 Å². The number of hydrogen-bond donors (Lipinski definition) is 1. The molecule has 1 N–H and O–H groups in total. The van der Waals surface area contributed by atoms with Crippen LogP contribution in [0.3, 0.4) is 0 Å². The van der Waals surface area contributed by atoms with E-state index in [1.54, 1.807) is 18.2 Å². The summed E-state index contributed by atoms with van der Waals surface area (Å²) >= 11 is 0. The number of amides is 1.